The van der Waals surface area contributed by atoms with Crippen molar-refractivity contribution >= 4 is 17.9 Å². The average molecular weight is 308 g/mol. The minimum absolute atomic E-state index is 0.767. The van der Waals surface area contributed by atoms with Gasteiger partial charge in [-0.25, -0.2) is 4.39 Å². The van der Waals surface area contributed by atoms with Crippen molar-refractivity contribution in [2.24, 2.45) is 0 Å². The fraction of sp³-hybridized carbons (Fsp3) is 0.750. The second-order valence-corrected chi connectivity index (χ2v) is 4.44. The first-order valence-electron chi connectivity index (χ1n) is 6.17. The molecule has 8 nitrogen and oxygen atoms in total. The van der Waals surface area contributed by atoms with E-state index in [1.165, 1.54) is 0 Å². The van der Waals surface area contributed by atoms with Crippen LogP contribution in [0.5, 0.6) is 0 Å². The van der Waals surface area contributed by atoms with Gasteiger partial charge in [0.2, 0.25) is 0 Å². The van der Waals surface area contributed by atoms with Gasteiger partial charge in [0.1, 0.15) is 12.8 Å². The molecule has 21 heavy (non-hydrogen) atoms. The predicted molar refractivity (Wildman–Crippen MR) is 63.5 cm³/mol. The highest BCUT2D eigenvalue weighted by Crippen LogP contribution is 2.28. The normalized spacial score (nSPS) is 32.1. The number of carbonyl (C=O) groups excluding carboxylic acids is 3. The largest absolute Gasteiger partial charge is 0.456 e. The molecule has 0 amide bonds. The van der Waals surface area contributed by atoms with Gasteiger partial charge in [0.05, 0.1) is 0 Å². The van der Waals surface area contributed by atoms with Crippen LogP contribution in [0.3, 0.4) is 0 Å². The van der Waals surface area contributed by atoms with Gasteiger partial charge in [0.15, 0.2) is 24.6 Å². The van der Waals surface area contributed by atoms with E-state index in [9.17, 15) is 23.9 Å². The van der Waals surface area contributed by atoms with E-state index in [0.29, 0.717) is 0 Å². The Bertz CT molecular complexity index is 412. The summed E-state index contributed by atoms with van der Waals surface area (Å²) >= 11 is 0. The third-order valence-corrected chi connectivity index (χ3v) is 2.67. The molecule has 1 aliphatic heterocycles. The zero-order valence-electron chi connectivity index (χ0n) is 11.8. The molecule has 0 aromatic heterocycles. The van der Waals surface area contributed by atoms with Crippen LogP contribution in [0.15, 0.2) is 0 Å². The second-order valence-electron chi connectivity index (χ2n) is 4.44. The van der Waals surface area contributed by atoms with Crippen LogP contribution in [-0.2, 0) is 33.3 Å². The Kier molecular flexibility index (Phi) is 6.03. The molecular formula is C12H17FO8. The summed E-state index contributed by atoms with van der Waals surface area (Å²) in [4.78, 5) is 33.3. The lowest BCUT2D eigenvalue weighted by Gasteiger charge is -2.42. The number of hydrogen-bond acceptors (Lipinski definition) is 8. The first kappa shape index (κ1) is 17.3. The minimum atomic E-state index is -1.72. The van der Waals surface area contributed by atoms with Crippen molar-refractivity contribution in [3.63, 3.8) is 0 Å². The van der Waals surface area contributed by atoms with Crippen molar-refractivity contribution in [2.45, 2.75) is 51.5 Å². The van der Waals surface area contributed by atoms with Crippen LogP contribution in [0.4, 0.5) is 4.39 Å². The maximum atomic E-state index is 13.0. The molecule has 5 unspecified atom stereocenters. The summed E-state index contributed by atoms with van der Waals surface area (Å²) in [6.45, 7) is 2.12. The number of carbonyl (C=O) groups is 3. The van der Waals surface area contributed by atoms with Crippen LogP contribution < -0.4 is 0 Å². The molecule has 0 aliphatic carbocycles. The van der Waals surface area contributed by atoms with Crippen LogP contribution >= 0.6 is 0 Å². The van der Waals surface area contributed by atoms with E-state index < -0.39 is 55.3 Å². The molecule has 0 aromatic rings. The Hall–Kier alpha value is -1.74. The van der Waals surface area contributed by atoms with Gasteiger partial charge in [-0.1, -0.05) is 0 Å². The van der Waals surface area contributed by atoms with Crippen LogP contribution in [0.2, 0.25) is 0 Å². The number of aliphatic hydroxyl groups excluding tert-OH is 1. The molecule has 0 radical (unpaired) electrons. The van der Waals surface area contributed by atoms with Gasteiger partial charge < -0.3 is 24.1 Å². The number of alkyl halides is 1. The highest BCUT2D eigenvalue weighted by atomic mass is 19.1. The lowest BCUT2D eigenvalue weighted by Crippen LogP contribution is -2.61. The summed E-state index contributed by atoms with van der Waals surface area (Å²) in [5.41, 5.74) is 0. The molecule has 5 atom stereocenters. The highest BCUT2D eigenvalue weighted by Gasteiger charge is 2.51. The first-order chi connectivity index (χ1) is 9.76. The van der Waals surface area contributed by atoms with Gasteiger partial charge in [-0.3, -0.25) is 14.4 Å². The summed E-state index contributed by atoms with van der Waals surface area (Å²) in [6, 6.07) is 0. The van der Waals surface area contributed by atoms with Gasteiger partial charge in [0.25, 0.3) is 0 Å². The van der Waals surface area contributed by atoms with Crippen molar-refractivity contribution in [1.29, 1.82) is 0 Å². The van der Waals surface area contributed by atoms with Gasteiger partial charge in [-0.2, -0.15) is 0 Å². The Morgan fingerprint density at radius 2 is 1.38 bits per heavy atom. The maximum absolute atomic E-state index is 13.0. The van der Waals surface area contributed by atoms with Crippen molar-refractivity contribution in [2.75, 3.05) is 6.67 Å². The molecule has 120 valence electrons. The lowest BCUT2D eigenvalue weighted by atomic mass is 9.98. The fourth-order valence-electron chi connectivity index (χ4n) is 2.00. The molecule has 1 fully saturated rings. The van der Waals surface area contributed by atoms with Crippen molar-refractivity contribution in [1.82, 2.24) is 0 Å². The first-order valence-corrected chi connectivity index (χ1v) is 6.17. The number of halogens is 1. The van der Waals surface area contributed by atoms with E-state index in [0.717, 1.165) is 20.8 Å². The number of hydrogen-bond donors (Lipinski definition) is 1. The van der Waals surface area contributed by atoms with Gasteiger partial charge >= 0.3 is 17.9 Å². The second kappa shape index (κ2) is 7.32. The summed E-state index contributed by atoms with van der Waals surface area (Å²) in [5, 5.41) is 9.76. The zero-order valence-corrected chi connectivity index (χ0v) is 11.8. The van der Waals surface area contributed by atoms with Crippen LogP contribution in [-0.4, -0.2) is 60.4 Å². The lowest BCUT2D eigenvalue weighted by molar-refractivity contribution is -0.292. The van der Waals surface area contributed by atoms with Crippen LogP contribution in [0.25, 0.3) is 0 Å². The molecule has 1 saturated heterocycles. The third kappa shape index (κ3) is 4.64. The number of ether oxygens (including phenoxy) is 4. The monoisotopic (exact) mass is 308 g/mol. The van der Waals surface area contributed by atoms with Gasteiger partial charge in [-0.15, -0.1) is 0 Å². The summed E-state index contributed by atoms with van der Waals surface area (Å²) in [7, 11) is 0. The van der Waals surface area contributed by atoms with E-state index in [2.05, 4.69) is 0 Å². The molecule has 0 spiro atoms. The van der Waals surface area contributed by atoms with Crippen molar-refractivity contribution < 1.29 is 42.8 Å². The zero-order chi connectivity index (χ0) is 16.2. The third-order valence-electron chi connectivity index (χ3n) is 2.67. The summed E-state index contributed by atoms with van der Waals surface area (Å²) in [6.07, 6.45) is -7.21. The number of aliphatic hydroxyl groups is 1. The maximum Gasteiger partial charge on any atom is 0.303 e. The van der Waals surface area contributed by atoms with Crippen LogP contribution in [0.1, 0.15) is 20.8 Å². The van der Waals surface area contributed by atoms with Crippen molar-refractivity contribution in [3.05, 3.63) is 0 Å². The Balaban J connectivity index is 3.08. The molecule has 1 aliphatic rings. The Labute approximate surface area is 120 Å². The summed E-state index contributed by atoms with van der Waals surface area (Å²) in [5.74, 6) is -2.32. The predicted octanol–water partition coefficient (Wildman–Crippen LogP) is -0.532. The standard InChI is InChI=1S/C12H17FO8/c1-5(14)18-9-8(4-13)21-12(17)11(20-7(3)16)10(9)19-6(2)15/h8-12,17H,4H2,1-3H3. The Morgan fingerprint density at radius 1 is 0.952 bits per heavy atom. The van der Waals surface area contributed by atoms with Crippen LogP contribution in [0, 0.1) is 0 Å². The number of rotatable bonds is 4. The fourth-order valence-corrected chi connectivity index (χ4v) is 2.00. The minimum Gasteiger partial charge on any atom is -0.456 e. The van der Waals surface area contributed by atoms with E-state index >= 15 is 0 Å². The number of esters is 3. The Morgan fingerprint density at radius 3 is 1.81 bits per heavy atom. The van der Waals surface area contributed by atoms with Gasteiger partial charge in [-0.05, 0) is 0 Å². The molecule has 1 heterocycles. The smallest absolute Gasteiger partial charge is 0.303 e. The molecule has 0 bridgehead atoms. The molecular weight excluding hydrogens is 291 g/mol. The van der Waals surface area contributed by atoms with E-state index in [1.807, 2.05) is 0 Å². The van der Waals surface area contributed by atoms with E-state index in [1.54, 1.807) is 0 Å². The summed E-state index contributed by atoms with van der Waals surface area (Å²) < 4.78 is 32.5. The van der Waals surface area contributed by atoms with Crippen molar-refractivity contribution in [3.8, 4) is 0 Å². The molecule has 0 aromatic carbocycles. The van der Waals surface area contributed by atoms with E-state index in [-0.39, 0.29) is 0 Å². The highest BCUT2D eigenvalue weighted by molar-refractivity contribution is 5.68. The molecule has 1 N–H and O–H groups in total. The molecule has 9 heteroatoms. The quantitative estimate of drug-likeness (QED) is 0.545. The van der Waals surface area contributed by atoms with E-state index in [4.69, 9.17) is 18.9 Å². The molecule has 0 saturated carbocycles. The SMILES string of the molecule is CC(=O)OC1C(O)OC(CF)C(OC(C)=O)C1OC(C)=O. The van der Waals surface area contributed by atoms with Gasteiger partial charge in [0, 0.05) is 20.8 Å². The topological polar surface area (TPSA) is 108 Å². The average Bonchev–Trinajstić information content (AvgIpc) is 2.35. The molecule has 1 rings (SSSR count).